The Morgan fingerprint density at radius 2 is 1.93 bits per heavy atom. The fraction of sp³-hybridized carbons (Fsp3) is 1.00. The van der Waals surface area contributed by atoms with Crippen molar-refractivity contribution in [3.8, 4) is 0 Å². The highest BCUT2D eigenvalue weighted by molar-refractivity contribution is 4.70. The summed E-state index contributed by atoms with van der Waals surface area (Å²) in [5.41, 5.74) is 0. The van der Waals surface area contributed by atoms with Crippen LogP contribution in [0.4, 0.5) is 0 Å². The lowest BCUT2D eigenvalue weighted by Gasteiger charge is -2.20. The van der Waals surface area contributed by atoms with Gasteiger partial charge in [-0.3, -0.25) is 0 Å². The number of unbranched alkanes of at least 4 members (excludes halogenated alkanes) is 1. The summed E-state index contributed by atoms with van der Waals surface area (Å²) >= 11 is 0. The molecule has 1 aliphatic rings. The molecule has 1 unspecified atom stereocenters. The van der Waals surface area contributed by atoms with Gasteiger partial charge in [0, 0.05) is 12.5 Å². The van der Waals surface area contributed by atoms with Crippen molar-refractivity contribution in [1.29, 1.82) is 0 Å². The highest BCUT2D eigenvalue weighted by Crippen LogP contribution is 2.14. The summed E-state index contributed by atoms with van der Waals surface area (Å²) in [4.78, 5) is 0. The number of ether oxygens (including phenoxy) is 2. The first kappa shape index (κ1) is 12.9. The normalized spacial score (nSPS) is 19.6. The van der Waals surface area contributed by atoms with Gasteiger partial charge in [0.1, 0.15) is 0 Å². The molecule has 0 aliphatic carbocycles. The Morgan fingerprint density at radius 1 is 1.20 bits per heavy atom. The Morgan fingerprint density at radius 3 is 2.53 bits per heavy atom. The zero-order valence-corrected chi connectivity index (χ0v) is 10.1. The molecule has 1 saturated heterocycles. The summed E-state index contributed by atoms with van der Waals surface area (Å²) in [6.07, 6.45) is 6.01. The lowest BCUT2D eigenvalue weighted by atomic mass is 10.1. The molecule has 1 heterocycles. The van der Waals surface area contributed by atoms with Crippen LogP contribution >= 0.6 is 0 Å². The second-order valence-corrected chi connectivity index (χ2v) is 4.20. The van der Waals surface area contributed by atoms with Crippen molar-refractivity contribution in [2.75, 3.05) is 19.8 Å². The minimum Gasteiger partial charge on any atom is -0.350 e. The molecule has 0 aromatic rings. The molecular formula is C12H25NO2. The number of rotatable bonds is 8. The molecular weight excluding hydrogens is 190 g/mol. The third kappa shape index (κ3) is 5.50. The third-order valence-corrected chi connectivity index (χ3v) is 2.76. The molecule has 90 valence electrons. The second-order valence-electron chi connectivity index (χ2n) is 4.20. The first-order valence-electron chi connectivity index (χ1n) is 6.33. The van der Waals surface area contributed by atoms with Gasteiger partial charge in [0.05, 0.1) is 13.2 Å². The second kappa shape index (κ2) is 8.08. The minimum atomic E-state index is 0.0382. The average molecular weight is 215 g/mol. The van der Waals surface area contributed by atoms with E-state index in [9.17, 15) is 0 Å². The van der Waals surface area contributed by atoms with Crippen LogP contribution in [0.2, 0.25) is 0 Å². The molecule has 1 fully saturated rings. The van der Waals surface area contributed by atoms with Gasteiger partial charge in [-0.1, -0.05) is 26.7 Å². The van der Waals surface area contributed by atoms with Crippen LogP contribution < -0.4 is 5.32 Å². The van der Waals surface area contributed by atoms with Crippen molar-refractivity contribution in [3.05, 3.63) is 0 Å². The van der Waals surface area contributed by atoms with Crippen molar-refractivity contribution in [2.45, 2.75) is 58.3 Å². The predicted octanol–water partition coefficient (Wildman–Crippen LogP) is 2.31. The maximum atomic E-state index is 5.48. The highest BCUT2D eigenvalue weighted by atomic mass is 16.7. The first-order chi connectivity index (χ1) is 7.36. The Labute approximate surface area is 93.5 Å². The molecule has 1 aliphatic heterocycles. The van der Waals surface area contributed by atoms with Gasteiger partial charge in [-0.15, -0.1) is 0 Å². The molecule has 0 bridgehead atoms. The Bertz CT molecular complexity index is 139. The van der Waals surface area contributed by atoms with E-state index < -0.39 is 0 Å². The summed E-state index contributed by atoms with van der Waals surface area (Å²) in [6.45, 7) is 7.06. The third-order valence-electron chi connectivity index (χ3n) is 2.76. The van der Waals surface area contributed by atoms with E-state index in [1.54, 1.807) is 0 Å². The SMILES string of the molecule is CCCCC(CC1OCCO1)NCCC. The van der Waals surface area contributed by atoms with Crippen molar-refractivity contribution >= 4 is 0 Å². The molecule has 0 amide bonds. The van der Waals surface area contributed by atoms with Gasteiger partial charge in [0.2, 0.25) is 0 Å². The van der Waals surface area contributed by atoms with E-state index in [4.69, 9.17) is 9.47 Å². The van der Waals surface area contributed by atoms with Gasteiger partial charge in [-0.25, -0.2) is 0 Å². The standard InChI is InChI=1S/C12H25NO2/c1-3-5-6-11(13-7-4-2)10-12-14-8-9-15-12/h11-13H,3-10H2,1-2H3. The van der Waals surface area contributed by atoms with E-state index in [0.29, 0.717) is 6.04 Å². The molecule has 3 nitrogen and oxygen atoms in total. The van der Waals surface area contributed by atoms with Gasteiger partial charge in [-0.2, -0.15) is 0 Å². The maximum absolute atomic E-state index is 5.48. The zero-order valence-electron chi connectivity index (χ0n) is 10.1. The molecule has 0 radical (unpaired) electrons. The van der Waals surface area contributed by atoms with E-state index in [1.807, 2.05) is 0 Å². The van der Waals surface area contributed by atoms with Gasteiger partial charge >= 0.3 is 0 Å². The van der Waals surface area contributed by atoms with Crippen LogP contribution in [0.25, 0.3) is 0 Å². The summed E-state index contributed by atoms with van der Waals surface area (Å²) < 4.78 is 11.0. The largest absolute Gasteiger partial charge is 0.350 e. The number of nitrogens with one attached hydrogen (secondary N) is 1. The molecule has 1 rings (SSSR count). The molecule has 15 heavy (non-hydrogen) atoms. The monoisotopic (exact) mass is 215 g/mol. The van der Waals surface area contributed by atoms with E-state index in [0.717, 1.165) is 26.2 Å². The van der Waals surface area contributed by atoms with Gasteiger partial charge in [0.25, 0.3) is 0 Å². The molecule has 0 aromatic heterocycles. The van der Waals surface area contributed by atoms with E-state index in [2.05, 4.69) is 19.2 Å². The quantitative estimate of drug-likeness (QED) is 0.674. The zero-order chi connectivity index (χ0) is 10.9. The minimum absolute atomic E-state index is 0.0382. The van der Waals surface area contributed by atoms with Crippen molar-refractivity contribution in [2.24, 2.45) is 0 Å². The summed E-state index contributed by atoms with van der Waals surface area (Å²) in [7, 11) is 0. The molecule has 3 heteroatoms. The first-order valence-corrected chi connectivity index (χ1v) is 6.33. The molecule has 0 spiro atoms. The smallest absolute Gasteiger partial charge is 0.159 e. The fourth-order valence-electron chi connectivity index (χ4n) is 1.88. The van der Waals surface area contributed by atoms with Gasteiger partial charge in [0.15, 0.2) is 6.29 Å². The van der Waals surface area contributed by atoms with Crippen molar-refractivity contribution in [1.82, 2.24) is 5.32 Å². The molecule has 1 atom stereocenters. The van der Waals surface area contributed by atoms with Crippen molar-refractivity contribution in [3.63, 3.8) is 0 Å². The van der Waals surface area contributed by atoms with E-state index >= 15 is 0 Å². The average Bonchev–Trinajstić information content (AvgIpc) is 2.74. The molecule has 0 saturated carbocycles. The van der Waals surface area contributed by atoms with Crippen LogP contribution in [-0.4, -0.2) is 32.1 Å². The Hall–Kier alpha value is -0.120. The highest BCUT2D eigenvalue weighted by Gasteiger charge is 2.20. The van der Waals surface area contributed by atoms with Gasteiger partial charge < -0.3 is 14.8 Å². The number of hydrogen-bond donors (Lipinski definition) is 1. The summed E-state index contributed by atoms with van der Waals surface area (Å²) in [6, 6.07) is 0.563. The van der Waals surface area contributed by atoms with Crippen LogP contribution in [0.5, 0.6) is 0 Å². The Kier molecular flexibility index (Phi) is 6.98. The van der Waals surface area contributed by atoms with Crippen molar-refractivity contribution < 1.29 is 9.47 Å². The maximum Gasteiger partial charge on any atom is 0.159 e. The van der Waals surface area contributed by atoms with E-state index in [1.165, 1.54) is 25.7 Å². The summed E-state index contributed by atoms with van der Waals surface area (Å²) in [5.74, 6) is 0. The summed E-state index contributed by atoms with van der Waals surface area (Å²) in [5, 5.41) is 3.57. The van der Waals surface area contributed by atoms with Crippen LogP contribution in [-0.2, 0) is 9.47 Å². The van der Waals surface area contributed by atoms with E-state index in [-0.39, 0.29) is 6.29 Å². The molecule has 1 N–H and O–H groups in total. The van der Waals surface area contributed by atoms with Crippen LogP contribution in [0.15, 0.2) is 0 Å². The van der Waals surface area contributed by atoms with Crippen LogP contribution in [0, 0.1) is 0 Å². The Balaban J connectivity index is 2.19. The predicted molar refractivity (Wildman–Crippen MR) is 61.9 cm³/mol. The topological polar surface area (TPSA) is 30.5 Å². The van der Waals surface area contributed by atoms with Gasteiger partial charge in [-0.05, 0) is 19.4 Å². The van der Waals surface area contributed by atoms with Crippen LogP contribution in [0.3, 0.4) is 0 Å². The molecule has 0 aromatic carbocycles. The van der Waals surface area contributed by atoms with Crippen LogP contribution in [0.1, 0.15) is 46.0 Å². The lowest BCUT2D eigenvalue weighted by Crippen LogP contribution is -2.33. The lowest BCUT2D eigenvalue weighted by molar-refractivity contribution is -0.0532. The number of hydrogen-bond acceptors (Lipinski definition) is 3. The fourth-order valence-corrected chi connectivity index (χ4v) is 1.88.